The molecule has 48 valence electrons. The van der Waals surface area contributed by atoms with Crippen LogP contribution in [0.5, 0.6) is 0 Å². The summed E-state index contributed by atoms with van der Waals surface area (Å²) in [4.78, 5) is 16.1. The lowest BCUT2D eigenvalue weighted by molar-refractivity contribution is 0.0690. The van der Waals surface area contributed by atoms with E-state index in [2.05, 4.69) is 22.6 Å². The number of nitrogens with zero attached hydrogens (tertiary/aromatic N) is 1. The molecule has 0 amide bonds. The fourth-order valence-corrected chi connectivity index (χ4v) is 0.598. The Morgan fingerprint density at radius 1 is 1.89 bits per heavy atom. The Balaban J connectivity index is 2.98. The van der Waals surface area contributed by atoms with Crippen LogP contribution in [0, 0.1) is 0 Å². The molecule has 0 unspecified atom stereocenters. The normalized spacial score (nSPS) is 9.44. The topological polar surface area (TPSA) is 66.0 Å². The second kappa shape index (κ2) is 2.10. The lowest BCUT2D eigenvalue weighted by Crippen LogP contribution is -1.94. The Kier molecular flexibility index (Phi) is 1.44. The minimum Gasteiger partial charge on any atom is -0.477 e. The number of rotatable bonds is 1. The number of aromatic amines is 1. The maximum absolute atomic E-state index is 10.1. The van der Waals surface area contributed by atoms with Gasteiger partial charge in [-0.15, -0.1) is 12.6 Å². The third-order valence-corrected chi connectivity index (χ3v) is 1.02. The van der Waals surface area contributed by atoms with Crippen LogP contribution in [0.2, 0.25) is 0 Å². The van der Waals surface area contributed by atoms with Crippen molar-refractivity contribution in [3.8, 4) is 0 Å². The van der Waals surface area contributed by atoms with Gasteiger partial charge in [0, 0.05) is 0 Å². The van der Waals surface area contributed by atoms with Crippen molar-refractivity contribution in [1.29, 1.82) is 0 Å². The van der Waals surface area contributed by atoms with E-state index in [9.17, 15) is 4.79 Å². The summed E-state index contributed by atoms with van der Waals surface area (Å²) in [5.74, 6) is -1.03. The van der Waals surface area contributed by atoms with E-state index in [0.29, 0.717) is 5.16 Å². The van der Waals surface area contributed by atoms with Crippen LogP contribution in [0.15, 0.2) is 11.4 Å². The SMILES string of the molecule is O=C(O)c1cnc(S)[nH]1. The van der Waals surface area contributed by atoms with Crippen molar-refractivity contribution in [2.75, 3.05) is 0 Å². The van der Waals surface area contributed by atoms with Crippen LogP contribution in [-0.4, -0.2) is 21.0 Å². The van der Waals surface area contributed by atoms with Crippen LogP contribution in [0.25, 0.3) is 0 Å². The minimum absolute atomic E-state index is 0.0556. The Morgan fingerprint density at radius 2 is 2.56 bits per heavy atom. The highest BCUT2D eigenvalue weighted by Gasteiger charge is 2.03. The lowest BCUT2D eigenvalue weighted by Gasteiger charge is -1.80. The average Bonchev–Trinajstić information content (AvgIpc) is 2.14. The summed E-state index contributed by atoms with van der Waals surface area (Å²) in [6.07, 6.45) is 1.21. The van der Waals surface area contributed by atoms with Crippen molar-refractivity contribution < 1.29 is 9.90 Å². The number of aromatic carboxylic acids is 1. The molecule has 0 saturated heterocycles. The van der Waals surface area contributed by atoms with Crippen molar-refractivity contribution in [1.82, 2.24) is 9.97 Å². The van der Waals surface area contributed by atoms with Gasteiger partial charge in [0.1, 0.15) is 5.69 Å². The molecule has 1 rings (SSSR count). The summed E-state index contributed by atoms with van der Waals surface area (Å²) < 4.78 is 0. The zero-order chi connectivity index (χ0) is 6.85. The zero-order valence-electron chi connectivity index (χ0n) is 4.33. The zero-order valence-corrected chi connectivity index (χ0v) is 5.22. The van der Waals surface area contributed by atoms with E-state index in [0.717, 1.165) is 0 Å². The third kappa shape index (κ3) is 1.23. The predicted molar refractivity (Wildman–Crippen MR) is 32.8 cm³/mol. The largest absolute Gasteiger partial charge is 0.477 e. The molecule has 1 aromatic heterocycles. The van der Waals surface area contributed by atoms with Crippen molar-refractivity contribution in [3.05, 3.63) is 11.9 Å². The first-order valence-corrected chi connectivity index (χ1v) is 2.62. The summed E-state index contributed by atoms with van der Waals surface area (Å²) in [7, 11) is 0. The molecule has 0 aliphatic heterocycles. The number of carboxylic acid groups (broad SMARTS) is 1. The Morgan fingerprint density at radius 3 is 2.78 bits per heavy atom. The first-order valence-electron chi connectivity index (χ1n) is 2.17. The van der Waals surface area contributed by atoms with Gasteiger partial charge in [-0.2, -0.15) is 0 Å². The molecule has 2 N–H and O–H groups in total. The third-order valence-electron chi connectivity index (χ3n) is 0.793. The Hall–Kier alpha value is -0.970. The highest BCUT2D eigenvalue weighted by molar-refractivity contribution is 7.80. The van der Waals surface area contributed by atoms with Crippen LogP contribution in [0.4, 0.5) is 0 Å². The molecule has 0 saturated carbocycles. The van der Waals surface area contributed by atoms with E-state index in [1.165, 1.54) is 6.20 Å². The molecule has 0 aliphatic carbocycles. The van der Waals surface area contributed by atoms with E-state index in [1.54, 1.807) is 0 Å². The molecule has 1 heterocycles. The van der Waals surface area contributed by atoms with Gasteiger partial charge in [-0.25, -0.2) is 9.78 Å². The second-order valence-corrected chi connectivity index (χ2v) is 1.85. The van der Waals surface area contributed by atoms with E-state index in [-0.39, 0.29) is 5.69 Å². The van der Waals surface area contributed by atoms with Gasteiger partial charge in [0.25, 0.3) is 0 Å². The fraction of sp³-hybridized carbons (Fsp3) is 0. The van der Waals surface area contributed by atoms with E-state index in [4.69, 9.17) is 5.11 Å². The molecule has 9 heavy (non-hydrogen) atoms. The van der Waals surface area contributed by atoms with Crippen molar-refractivity contribution in [2.24, 2.45) is 0 Å². The highest BCUT2D eigenvalue weighted by atomic mass is 32.1. The van der Waals surface area contributed by atoms with Gasteiger partial charge in [0.15, 0.2) is 5.16 Å². The smallest absolute Gasteiger partial charge is 0.353 e. The molecular weight excluding hydrogens is 140 g/mol. The fourth-order valence-electron chi connectivity index (χ4n) is 0.419. The number of nitrogens with one attached hydrogen (secondary N) is 1. The number of imidazole rings is 1. The molecule has 0 spiro atoms. The molecular formula is C4H4N2O2S. The van der Waals surface area contributed by atoms with Gasteiger partial charge < -0.3 is 10.1 Å². The standard InChI is InChI=1S/C4H4N2O2S/c7-3(8)2-1-5-4(9)6-2/h1H,(H,7,8)(H2,5,6,9). The molecule has 0 atom stereocenters. The number of H-pyrrole nitrogens is 1. The van der Waals surface area contributed by atoms with Crippen LogP contribution in [-0.2, 0) is 0 Å². The molecule has 0 radical (unpaired) electrons. The van der Waals surface area contributed by atoms with Gasteiger partial charge >= 0.3 is 5.97 Å². The van der Waals surface area contributed by atoms with Gasteiger partial charge in [-0.1, -0.05) is 0 Å². The summed E-state index contributed by atoms with van der Waals surface area (Å²) >= 11 is 3.77. The average molecular weight is 144 g/mol. The van der Waals surface area contributed by atoms with Gasteiger partial charge in [-0.3, -0.25) is 0 Å². The molecule has 1 aromatic rings. The van der Waals surface area contributed by atoms with Crippen LogP contribution < -0.4 is 0 Å². The summed E-state index contributed by atoms with van der Waals surface area (Å²) in [6, 6.07) is 0. The van der Waals surface area contributed by atoms with Crippen molar-refractivity contribution in [2.45, 2.75) is 5.16 Å². The van der Waals surface area contributed by atoms with Crippen LogP contribution in [0.1, 0.15) is 10.5 Å². The molecule has 0 fully saturated rings. The van der Waals surface area contributed by atoms with Crippen molar-refractivity contribution in [3.63, 3.8) is 0 Å². The van der Waals surface area contributed by atoms with Crippen molar-refractivity contribution >= 4 is 18.6 Å². The van der Waals surface area contributed by atoms with E-state index < -0.39 is 5.97 Å². The number of hydrogen-bond acceptors (Lipinski definition) is 3. The molecule has 0 aliphatic rings. The van der Waals surface area contributed by atoms with Crippen LogP contribution in [0.3, 0.4) is 0 Å². The number of carbonyl (C=O) groups is 1. The maximum atomic E-state index is 10.1. The van der Waals surface area contributed by atoms with Gasteiger partial charge in [0.2, 0.25) is 0 Å². The Labute approximate surface area is 56.3 Å². The van der Waals surface area contributed by atoms with Crippen LogP contribution >= 0.6 is 12.6 Å². The summed E-state index contributed by atoms with van der Waals surface area (Å²) in [6.45, 7) is 0. The van der Waals surface area contributed by atoms with E-state index in [1.807, 2.05) is 0 Å². The molecule has 4 nitrogen and oxygen atoms in total. The second-order valence-electron chi connectivity index (χ2n) is 1.43. The number of carboxylic acids is 1. The van der Waals surface area contributed by atoms with E-state index >= 15 is 0 Å². The number of thiol groups is 1. The monoisotopic (exact) mass is 144 g/mol. The first kappa shape index (κ1) is 6.15. The molecule has 0 aromatic carbocycles. The predicted octanol–water partition coefficient (Wildman–Crippen LogP) is 0.397. The van der Waals surface area contributed by atoms with Gasteiger partial charge in [0.05, 0.1) is 6.20 Å². The Bertz CT molecular complexity index is 232. The highest BCUT2D eigenvalue weighted by Crippen LogP contribution is 1.99. The first-order chi connectivity index (χ1) is 4.20. The summed E-state index contributed by atoms with van der Waals surface area (Å²) in [5, 5.41) is 8.61. The summed E-state index contributed by atoms with van der Waals surface area (Å²) in [5.41, 5.74) is 0.0556. The van der Waals surface area contributed by atoms with Gasteiger partial charge in [-0.05, 0) is 0 Å². The maximum Gasteiger partial charge on any atom is 0.353 e. The number of aromatic nitrogens is 2. The number of hydrogen-bond donors (Lipinski definition) is 3. The molecule has 0 bridgehead atoms. The quantitative estimate of drug-likeness (QED) is 0.500. The molecule has 5 heteroatoms. The minimum atomic E-state index is -1.03. The lowest BCUT2D eigenvalue weighted by atomic mass is 10.5.